The molecule has 6 heteroatoms. The Morgan fingerprint density at radius 1 is 1.25 bits per heavy atom. The molecule has 1 aliphatic rings. The maximum atomic E-state index is 12.8. The molecule has 2 atom stereocenters. The first-order valence-corrected chi connectivity index (χ1v) is 8.18. The highest BCUT2D eigenvalue weighted by Gasteiger charge is 2.32. The molecule has 0 spiro atoms. The fourth-order valence-electron chi connectivity index (χ4n) is 3.08. The van der Waals surface area contributed by atoms with Crippen LogP contribution in [0, 0.1) is 12.8 Å². The largest absolute Gasteiger partial charge is 0.369 e. The predicted molar refractivity (Wildman–Crippen MR) is 91.2 cm³/mol. The molecule has 1 fully saturated rings. The molecule has 0 bridgehead atoms. The summed E-state index contributed by atoms with van der Waals surface area (Å²) in [6.07, 6.45) is 1.51. The maximum absolute atomic E-state index is 12.8. The Hall–Kier alpha value is -2.63. The number of H-pyrrole nitrogens is 1. The topological polar surface area (TPSA) is 92.1 Å². The quantitative estimate of drug-likeness (QED) is 0.905. The van der Waals surface area contributed by atoms with Crippen LogP contribution in [0.15, 0.2) is 30.3 Å². The summed E-state index contributed by atoms with van der Waals surface area (Å²) < 4.78 is 0. The molecule has 1 aromatic carbocycles. The van der Waals surface area contributed by atoms with Gasteiger partial charge < -0.3 is 10.6 Å². The lowest BCUT2D eigenvalue weighted by Crippen LogP contribution is -2.48. The monoisotopic (exact) mass is 326 g/mol. The molecule has 0 saturated carbocycles. The van der Waals surface area contributed by atoms with Crippen LogP contribution in [0.4, 0.5) is 0 Å². The van der Waals surface area contributed by atoms with Crippen LogP contribution < -0.4 is 5.73 Å². The van der Waals surface area contributed by atoms with Crippen LogP contribution in [0.3, 0.4) is 0 Å². The number of piperidine rings is 1. The van der Waals surface area contributed by atoms with Crippen molar-refractivity contribution in [1.82, 2.24) is 15.1 Å². The molecular weight excluding hydrogens is 304 g/mol. The number of benzene rings is 1. The Labute approximate surface area is 141 Å². The van der Waals surface area contributed by atoms with Gasteiger partial charge in [-0.1, -0.05) is 29.8 Å². The molecule has 6 nitrogen and oxygen atoms in total. The maximum Gasteiger partial charge on any atom is 0.272 e. The SMILES string of the molecule is Cc1ccc(-c2cc(C(=O)N3C[C@H](C(N)=O)CC[C@H]3C)[nH]n2)cc1. The Bertz CT molecular complexity index is 751. The third kappa shape index (κ3) is 3.18. The lowest BCUT2D eigenvalue weighted by Gasteiger charge is -2.36. The molecule has 2 heterocycles. The zero-order valence-corrected chi connectivity index (χ0v) is 14.0. The predicted octanol–water partition coefficient (Wildman–Crippen LogP) is 2.11. The van der Waals surface area contributed by atoms with Crippen molar-refractivity contribution in [1.29, 1.82) is 0 Å². The fourth-order valence-corrected chi connectivity index (χ4v) is 3.08. The molecule has 2 aromatic rings. The van der Waals surface area contributed by atoms with Gasteiger partial charge in [0, 0.05) is 18.2 Å². The highest BCUT2D eigenvalue weighted by atomic mass is 16.2. The van der Waals surface area contributed by atoms with E-state index in [4.69, 9.17) is 5.73 Å². The molecule has 0 unspecified atom stereocenters. The number of nitrogens with two attached hydrogens (primary N) is 1. The normalized spacial score (nSPS) is 20.8. The Morgan fingerprint density at radius 3 is 2.62 bits per heavy atom. The molecule has 2 amide bonds. The summed E-state index contributed by atoms with van der Waals surface area (Å²) in [6.45, 7) is 4.39. The van der Waals surface area contributed by atoms with Crippen molar-refractivity contribution in [2.24, 2.45) is 11.7 Å². The van der Waals surface area contributed by atoms with Gasteiger partial charge in [0.05, 0.1) is 11.6 Å². The van der Waals surface area contributed by atoms with Gasteiger partial charge in [-0.25, -0.2) is 0 Å². The van der Waals surface area contributed by atoms with Gasteiger partial charge >= 0.3 is 0 Å². The molecule has 0 aliphatic carbocycles. The second-order valence-corrected chi connectivity index (χ2v) is 6.52. The molecule has 1 saturated heterocycles. The number of nitrogens with one attached hydrogen (secondary N) is 1. The van der Waals surface area contributed by atoms with E-state index in [2.05, 4.69) is 10.2 Å². The number of nitrogens with zero attached hydrogens (tertiary/aromatic N) is 2. The van der Waals surface area contributed by atoms with Crippen LogP contribution in [0.25, 0.3) is 11.3 Å². The zero-order valence-electron chi connectivity index (χ0n) is 14.0. The van der Waals surface area contributed by atoms with E-state index in [1.807, 2.05) is 38.1 Å². The number of hydrogen-bond donors (Lipinski definition) is 2. The molecule has 24 heavy (non-hydrogen) atoms. The number of aromatic nitrogens is 2. The fraction of sp³-hybridized carbons (Fsp3) is 0.389. The number of amides is 2. The Morgan fingerprint density at radius 2 is 1.96 bits per heavy atom. The van der Waals surface area contributed by atoms with E-state index >= 15 is 0 Å². The van der Waals surface area contributed by atoms with Crippen LogP contribution in [-0.2, 0) is 4.79 Å². The average molecular weight is 326 g/mol. The molecular formula is C18H22N4O2. The van der Waals surface area contributed by atoms with Crippen LogP contribution >= 0.6 is 0 Å². The zero-order chi connectivity index (χ0) is 17.3. The summed E-state index contributed by atoms with van der Waals surface area (Å²) in [5, 5.41) is 7.07. The highest BCUT2D eigenvalue weighted by Crippen LogP contribution is 2.24. The van der Waals surface area contributed by atoms with Gasteiger partial charge in [0.15, 0.2) is 0 Å². The van der Waals surface area contributed by atoms with Crippen molar-refractivity contribution < 1.29 is 9.59 Å². The molecule has 3 rings (SSSR count). The van der Waals surface area contributed by atoms with Gasteiger partial charge in [0.2, 0.25) is 5.91 Å². The minimum atomic E-state index is -0.343. The smallest absolute Gasteiger partial charge is 0.272 e. The minimum Gasteiger partial charge on any atom is -0.369 e. The van der Waals surface area contributed by atoms with Gasteiger partial charge in [0.25, 0.3) is 5.91 Å². The molecule has 1 aliphatic heterocycles. The van der Waals surface area contributed by atoms with E-state index in [-0.39, 0.29) is 23.8 Å². The number of rotatable bonds is 3. The van der Waals surface area contributed by atoms with Crippen molar-refractivity contribution in [3.8, 4) is 11.3 Å². The van der Waals surface area contributed by atoms with Gasteiger partial charge in [-0.15, -0.1) is 0 Å². The van der Waals surface area contributed by atoms with Crippen LogP contribution in [0.2, 0.25) is 0 Å². The first-order chi connectivity index (χ1) is 11.5. The van der Waals surface area contributed by atoms with Crippen molar-refractivity contribution in [2.75, 3.05) is 6.54 Å². The Kier molecular flexibility index (Phi) is 4.38. The van der Waals surface area contributed by atoms with E-state index < -0.39 is 0 Å². The second kappa shape index (κ2) is 6.47. The van der Waals surface area contributed by atoms with E-state index in [1.165, 1.54) is 5.56 Å². The standard InChI is InChI=1S/C18H22N4O2/c1-11-3-6-13(7-4-11)15-9-16(21-20-15)18(24)22-10-14(17(19)23)8-5-12(22)2/h3-4,6-7,9,12,14H,5,8,10H2,1-2H3,(H2,19,23)(H,20,21)/t12-,14-/m1/s1. The highest BCUT2D eigenvalue weighted by molar-refractivity contribution is 5.94. The van der Waals surface area contributed by atoms with Crippen LogP contribution in [0.1, 0.15) is 35.8 Å². The summed E-state index contributed by atoms with van der Waals surface area (Å²) in [5.41, 5.74) is 8.70. The summed E-state index contributed by atoms with van der Waals surface area (Å²) in [6, 6.07) is 9.82. The third-order valence-electron chi connectivity index (χ3n) is 4.70. The lowest BCUT2D eigenvalue weighted by atomic mass is 9.92. The second-order valence-electron chi connectivity index (χ2n) is 6.52. The van der Waals surface area contributed by atoms with Crippen LogP contribution in [0.5, 0.6) is 0 Å². The number of hydrogen-bond acceptors (Lipinski definition) is 3. The Balaban J connectivity index is 1.80. The van der Waals surface area contributed by atoms with E-state index in [1.54, 1.807) is 11.0 Å². The van der Waals surface area contributed by atoms with E-state index in [9.17, 15) is 9.59 Å². The van der Waals surface area contributed by atoms with Crippen molar-refractivity contribution >= 4 is 11.8 Å². The number of likely N-dealkylation sites (tertiary alicyclic amines) is 1. The number of aryl methyl sites for hydroxylation is 1. The molecule has 126 valence electrons. The minimum absolute atomic E-state index is 0.0826. The van der Waals surface area contributed by atoms with Gasteiger partial charge in [-0.05, 0) is 32.8 Å². The number of carbonyl (C=O) groups is 2. The van der Waals surface area contributed by atoms with Crippen molar-refractivity contribution in [3.63, 3.8) is 0 Å². The van der Waals surface area contributed by atoms with Crippen LogP contribution in [-0.4, -0.2) is 39.5 Å². The van der Waals surface area contributed by atoms with Crippen molar-refractivity contribution in [3.05, 3.63) is 41.6 Å². The third-order valence-corrected chi connectivity index (χ3v) is 4.70. The number of primary amides is 1. The van der Waals surface area contributed by atoms with Crippen molar-refractivity contribution in [2.45, 2.75) is 32.7 Å². The first kappa shape index (κ1) is 16.2. The van der Waals surface area contributed by atoms with Gasteiger partial charge in [-0.3, -0.25) is 14.7 Å². The molecule has 3 N–H and O–H groups in total. The molecule has 1 aromatic heterocycles. The van der Waals surface area contributed by atoms with E-state index in [0.717, 1.165) is 24.1 Å². The lowest BCUT2D eigenvalue weighted by molar-refractivity contribution is -0.123. The summed E-state index contributed by atoms with van der Waals surface area (Å²) in [7, 11) is 0. The van der Waals surface area contributed by atoms with Gasteiger partial charge in [0.1, 0.15) is 5.69 Å². The van der Waals surface area contributed by atoms with Gasteiger partial charge in [-0.2, -0.15) is 5.10 Å². The number of carbonyl (C=O) groups excluding carboxylic acids is 2. The summed E-state index contributed by atoms with van der Waals surface area (Å²) >= 11 is 0. The van der Waals surface area contributed by atoms with E-state index in [0.29, 0.717) is 12.2 Å². The number of aromatic amines is 1. The average Bonchev–Trinajstić information content (AvgIpc) is 3.05. The molecule has 0 radical (unpaired) electrons. The summed E-state index contributed by atoms with van der Waals surface area (Å²) in [5.74, 6) is -0.756. The first-order valence-electron chi connectivity index (χ1n) is 8.18. The summed E-state index contributed by atoms with van der Waals surface area (Å²) in [4.78, 5) is 25.9.